The molecule has 0 spiro atoms. The van der Waals surface area contributed by atoms with Crippen LogP contribution >= 0.6 is 23.1 Å². The van der Waals surface area contributed by atoms with Gasteiger partial charge in [0.15, 0.2) is 5.16 Å². The summed E-state index contributed by atoms with van der Waals surface area (Å²) in [5.41, 5.74) is 2.73. The molecule has 0 atom stereocenters. The summed E-state index contributed by atoms with van der Waals surface area (Å²) in [6.45, 7) is 4.92. The number of thiophene rings is 1. The number of aryl methyl sites for hydroxylation is 2. The van der Waals surface area contributed by atoms with E-state index in [2.05, 4.69) is 6.07 Å². The van der Waals surface area contributed by atoms with Gasteiger partial charge in [-0.25, -0.2) is 4.98 Å². The van der Waals surface area contributed by atoms with Crippen LogP contribution in [0, 0.1) is 25.2 Å². The first kappa shape index (κ1) is 18.6. The van der Waals surface area contributed by atoms with Crippen LogP contribution < -0.4 is 5.56 Å². The predicted molar refractivity (Wildman–Crippen MR) is 106 cm³/mol. The molecule has 0 fully saturated rings. The fraction of sp³-hybridized carbons (Fsp3) is 0.316. The van der Waals surface area contributed by atoms with E-state index >= 15 is 0 Å². The van der Waals surface area contributed by atoms with Crippen LogP contribution in [0.4, 0.5) is 0 Å². The third-order valence-corrected chi connectivity index (χ3v) is 6.37. The predicted octanol–water partition coefficient (Wildman–Crippen LogP) is 3.89. The molecule has 1 aromatic carbocycles. The molecule has 0 unspecified atom stereocenters. The maximum Gasteiger partial charge on any atom is 0.263 e. The number of rotatable bonds is 6. The molecule has 0 aliphatic rings. The molecule has 3 aromatic rings. The third-order valence-electron chi connectivity index (χ3n) is 4.22. The van der Waals surface area contributed by atoms with Crippen molar-refractivity contribution in [1.29, 1.82) is 5.26 Å². The van der Waals surface area contributed by atoms with Crippen LogP contribution in [0.1, 0.15) is 21.6 Å². The third kappa shape index (κ3) is 3.68. The number of fused-ring (bicyclic) bond motifs is 1. The van der Waals surface area contributed by atoms with Gasteiger partial charge < -0.3 is 4.74 Å². The van der Waals surface area contributed by atoms with E-state index in [0.717, 1.165) is 20.8 Å². The van der Waals surface area contributed by atoms with Crippen molar-refractivity contribution in [2.75, 3.05) is 13.7 Å². The quantitative estimate of drug-likeness (QED) is 0.476. The summed E-state index contributed by atoms with van der Waals surface area (Å²) in [4.78, 5) is 19.7. The normalized spacial score (nSPS) is 11.0. The zero-order valence-corrected chi connectivity index (χ0v) is 16.5. The molecule has 0 saturated heterocycles. The lowest BCUT2D eigenvalue weighted by molar-refractivity contribution is 0.183. The maximum atomic E-state index is 13.0. The minimum Gasteiger partial charge on any atom is -0.383 e. The maximum absolute atomic E-state index is 13.0. The number of ether oxygens (including phenoxy) is 1. The van der Waals surface area contributed by atoms with Gasteiger partial charge in [-0.15, -0.1) is 11.3 Å². The van der Waals surface area contributed by atoms with Crippen molar-refractivity contribution < 1.29 is 4.74 Å². The first-order valence-corrected chi connectivity index (χ1v) is 9.96. The van der Waals surface area contributed by atoms with Crippen LogP contribution in [0.3, 0.4) is 0 Å². The zero-order valence-electron chi connectivity index (χ0n) is 14.9. The number of hydrogen-bond acceptors (Lipinski definition) is 6. The summed E-state index contributed by atoms with van der Waals surface area (Å²) in [5.74, 6) is 0.681. The second-order valence-corrected chi connectivity index (χ2v) is 8.05. The molecule has 0 bridgehead atoms. The molecule has 0 saturated carbocycles. The Morgan fingerprint density at radius 3 is 2.69 bits per heavy atom. The van der Waals surface area contributed by atoms with Crippen molar-refractivity contribution in [2.24, 2.45) is 0 Å². The number of methoxy groups -OCH3 is 1. The van der Waals surface area contributed by atoms with Gasteiger partial charge in [-0.3, -0.25) is 9.36 Å². The molecule has 3 rings (SSSR count). The van der Waals surface area contributed by atoms with Crippen molar-refractivity contribution >= 4 is 33.3 Å². The Kier molecular flexibility index (Phi) is 5.77. The molecule has 2 aromatic heterocycles. The molecule has 134 valence electrons. The standard InChI is InChI=1S/C19H19N3O2S2/c1-12-13(2)26-17-16(12)18(23)22(8-9-24-3)19(21-17)25-11-15-6-4-14(10-20)5-7-15/h4-7H,8-9,11H2,1-3H3. The average Bonchev–Trinajstić information content (AvgIpc) is 2.94. The average molecular weight is 386 g/mol. The fourth-order valence-electron chi connectivity index (χ4n) is 2.62. The highest BCUT2D eigenvalue weighted by Crippen LogP contribution is 2.29. The first-order valence-electron chi connectivity index (χ1n) is 8.16. The van der Waals surface area contributed by atoms with E-state index in [4.69, 9.17) is 15.0 Å². The van der Waals surface area contributed by atoms with Gasteiger partial charge in [0, 0.05) is 17.7 Å². The van der Waals surface area contributed by atoms with E-state index in [1.54, 1.807) is 35.1 Å². The van der Waals surface area contributed by atoms with Crippen molar-refractivity contribution in [1.82, 2.24) is 9.55 Å². The van der Waals surface area contributed by atoms with E-state index in [1.165, 1.54) is 11.8 Å². The molecular weight excluding hydrogens is 366 g/mol. The number of aromatic nitrogens is 2. The Morgan fingerprint density at radius 1 is 1.31 bits per heavy atom. The molecule has 0 aliphatic carbocycles. The first-order chi connectivity index (χ1) is 12.5. The van der Waals surface area contributed by atoms with Crippen LogP contribution in [0.5, 0.6) is 0 Å². The molecular formula is C19H19N3O2S2. The van der Waals surface area contributed by atoms with E-state index < -0.39 is 0 Å². The van der Waals surface area contributed by atoms with E-state index in [1.807, 2.05) is 26.0 Å². The van der Waals surface area contributed by atoms with Gasteiger partial charge in [-0.05, 0) is 37.1 Å². The van der Waals surface area contributed by atoms with E-state index in [9.17, 15) is 4.79 Å². The SMILES string of the molecule is COCCn1c(SCc2ccc(C#N)cc2)nc2sc(C)c(C)c2c1=O. The second-order valence-electron chi connectivity index (χ2n) is 5.90. The van der Waals surface area contributed by atoms with Crippen molar-refractivity contribution in [3.05, 3.63) is 56.2 Å². The molecule has 5 nitrogen and oxygen atoms in total. The minimum atomic E-state index is -0.00349. The van der Waals surface area contributed by atoms with Gasteiger partial charge in [0.25, 0.3) is 5.56 Å². The molecule has 0 radical (unpaired) electrons. The molecule has 0 N–H and O–H groups in total. The summed E-state index contributed by atoms with van der Waals surface area (Å²) in [5, 5.41) is 10.3. The Labute approximate surface area is 160 Å². The lowest BCUT2D eigenvalue weighted by atomic mass is 10.2. The van der Waals surface area contributed by atoms with E-state index in [-0.39, 0.29) is 5.56 Å². The van der Waals surface area contributed by atoms with Crippen LogP contribution in [0.2, 0.25) is 0 Å². The highest BCUT2D eigenvalue weighted by molar-refractivity contribution is 7.98. The Balaban J connectivity index is 1.97. The van der Waals surface area contributed by atoms with Crippen molar-refractivity contribution in [3.8, 4) is 6.07 Å². The Hall–Kier alpha value is -2.14. The Morgan fingerprint density at radius 2 is 2.04 bits per heavy atom. The molecule has 26 heavy (non-hydrogen) atoms. The summed E-state index contributed by atoms with van der Waals surface area (Å²) < 4.78 is 6.87. The summed E-state index contributed by atoms with van der Waals surface area (Å²) in [6.07, 6.45) is 0. The molecule has 0 aliphatic heterocycles. The summed E-state index contributed by atoms with van der Waals surface area (Å²) in [7, 11) is 1.63. The minimum absolute atomic E-state index is 0.00349. The van der Waals surface area contributed by atoms with E-state index in [0.29, 0.717) is 35.0 Å². The summed E-state index contributed by atoms with van der Waals surface area (Å²) >= 11 is 3.09. The zero-order chi connectivity index (χ0) is 18.7. The van der Waals surface area contributed by atoms with Gasteiger partial charge >= 0.3 is 0 Å². The van der Waals surface area contributed by atoms with Gasteiger partial charge in [0.05, 0.1) is 30.2 Å². The smallest absolute Gasteiger partial charge is 0.263 e. The molecule has 0 amide bonds. The highest BCUT2D eigenvalue weighted by Gasteiger charge is 2.16. The number of hydrogen-bond donors (Lipinski definition) is 0. The molecule has 7 heteroatoms. The van der Waals surface area contributed by atoms with Gasteiger partial charge in [0.1, 0.15) is 4.83 Å². The van der Waals surface area contributed by atoms with Crippen LogP contribution in [-0.2, 0) is 17.0 Å². The topological polar surface area (TPSA) is 67.9 Å². The van der Waals surface area contributed by atoms with Crippen LogP contribution in [-0.4, -0.2) is 23.3 Å². The Bertz CT molecular complexity index is 1030. The van der Waals surface area contributed by atoms with Gasteiger partial charge in [-0.2, -0.15) is 5.26 Å². The monoisotopic (exact) mass is 385 g/mol. The lowest BCUT2D eigenvalue weighted by Crippen LogP contribution is -2.25. The lowest BCUT2D eigenvalue weighted by Gasteiger charge is -2.12. The number of thioether (sulfide) groups is 1. The van der Waals surface area contributed by atoms with Gasteiger partial charge in [-0.1, -0.05) is 23.9 Å². The number of nitrogens with zero attached hydrogens (tertiary/aromatic N) is 3. The highest BCUT2D eigenvalue weighted by atomic mass is 32.2. The summed E-state index contributed by atoms with van der Waals surface area (Å²) in [6, 6.07) is 9.59. The fourth-order valence-corrected chi connectivity index (χ4v) is 4.67. The van der Waals surface area contributed by atoms with Gasteiger partial charge in [0.2, 0.25) is 0 Å². The van der Waals surface area contributed by atoms with Crippen LogP contribution in [0.15, 0.2) is 34.2 Å². The van der Waals surface area contributed by atoms with Crippen molar-refractivity contribution in [2.45, 2.75) is 31.3 Å². The van der Waals surface area contributed by atoms with Crippen LogP contribution in [0.25, 0.3) is 10.2 Å². The number of benzene rings is 1. The second kappa shape index (κ2) is 8.04. The number of nitriles is 1. The largest absolute Gasteiger partial charge is 0.383 e. The van der Waals surface area contributed by atoms with Crippen molar-refractivity contribution in [3.63, 3.8) is 0 Å². The molecule has 2 heterocycles.